The normalized spacial score (nSPS) is 13.7. The van der Waals surface area contributed by atoms with Gasteiger partial charge in [-0.1, -0.05) is 32.6 Å². The quantitative estimate of drug-likeness (QED) is 0.588. The Morgan fingerprint density at radius 2 is 1.43 bits per heavy atom. The molecule has 0 N–H and O–H groups in total. The van der Waals surface area contributed by atoms with Crippen molar-refractivity contribution in [3.63, 3.8) is 0 Å². The topological polar surface area (TPSA) is 18.5 Å². The first-order valence-electron chi connectivity index (χ1n) is 4.87. The van der Waals surface area contributed by atoms with Gasteiger partial charge < -0.3 is 9.47 Å². The summed E-state index contributed by atoms with van der Waals surface area (Å²) >= 11 is 0. The highest BCUT2D eigenvalue weighted by Crippen LogP contribution is 2.28. The average Bonchev–Trinajstić information content (AvgIpc) is 2.45. The van der Waals surface area contributed by atoms with E-state index in [4.69, 9.17) is 9.47 Å². The van der Waals surface area contributed by atoms with E-state index in [0.29, 0.717) is 13.2 Å². The number of ether oxygens (including phenoxy) is 2. The monoisotopic (exact) mass is 192 g/mol. The van der Waals surface area contributed by atoms with Crippen LogP contribution in [0.4, 0.5) is 0 Å². The van der Waals surface area contributed by atoms with E-state index in [1.54, 1.807) is 0 Å². The Labute approximate surface area is 85.2 Å². The molecule has 1 heterocycles. The minimum Gasteiger partial charge on any atom is -0.485 e. The van der Waals surface area contributed by atoms with E-state index >= 15 is 0 Å². The third kappa shape index (κ3) is 2.52. The molecule has 0 fully saturated rings. The van der Waals surface area contributed by atoms with Crippen molar-refractivity contribution < 1.29 is 9.47 Å². The maximum absolute atomic E-state index is 5.44. The van der Waals surface area contributed by atoms with Gasteiger partial charge in [0, 0.05) is 0 Å². The molecule has 0 unspecified atom stereocenters. The largest absolute Gasteiger partial charge is 0.485 e. The van der Waals surface area contributed by atoms with Gasteiger partial charge in [0.15, 0.2) is 11.5 Å². The molecule has 1 aromatic rings. The fourth-order valence-electron chi connectivity index (χ4n) is 1.09. The van der Waals surface area contributed by atoms with Gasteiger partial charge >= 0.3 is 0 Å². The van der Waals surface area contributed by atoms with E-state index in [1.807, 2.05) is 38.1 Å². The molecule has 0 spiro atoms. The van der Waals surface area contributed by atoms with Gasteiger partial charge in [-0.2, -0.15) is 0 Å². The molecular weight excluding hydrogens is 176 g/mol. The Morgan fingerprint density at radius 3 is 1.86 bits per heavy atom. The molecule has 0 aliphatic carbocycles. The fraction of sp³-hybridized carbons (Fsp3) is 0.333. The number of hydrogen-bond acceptors (Lipinski definition) is 2. The van der Waals surface area contributed by atoms with E-state index in [9.17, 15) is 0 Å². The number of fused-ring (bicyclic) bond motifs is 1. The van der Waals surface area contributed by atoms with Crippen LogP contribution in [0.25, 0.3) is 0 Å². The van der Waals surface area contributed by atoms with Crippen molar-refractivity contribution in [2.75, 3.05) is 13.2 Å². The van der Waals surface area contributed by atoms with E-state index in [1.165, 1.54) is 0 Å². The van der Waals surface area contributed by atoms with Crippen LogP contribution in [-0.4, -0.2) is 13.2 Å². The molecule has 1 aliphatic heterocycles. The van der Waals surface area contributed by atoms with E-state index in [2.05, 4.69) is 6.58 Å². The molecule has 1 aromatic carbocycles. The van der Waals surface area contributed by atoms with Crippen LogP contribution in [0.5, 0.6) is 11.5 Å². The fourth-order valence-corrected chi connectivity index (χ4v) is 1.09. The van der Waals surface area contributed by atoms with Crippen molar-refractivity contribution >= 4 is 0 Å². The summed E-state index contributed by atoms with van der Waals surface area (Å²) in [5, 5.41) is 0. The Balaban J connectivity index is 0.000000461. The second-order valence-corrected chi connectivity index (χ2v) is 2.77. The number of benzene rings is 1. The lowest BCUT2D eigenvalue weighted by Crippen LogP contribution is -2.02. The minimum absolute atomic E-state index is 0.553. The molecular formula is C12H16O2. The van der Waals surface area contributed by atoms with Crippen molar-refractivity contribution in [1.82, 2.24) is 0 Å². The summed E-state index contributed by atoms with van der Waals surface area (Å²) in [4.78, 5) is 0. The second kappa shape index (κ2) is 5.32. The smallest absolute Gasteiger partial charge is 0.161 e. The predicted molar refractivity (Wildman–Crippen MR) is 57.9 cm³/mol. The van der Waals surface area contributed by atoms with Crippen molar-refractivity contribution in [2.45, 2.75) is 13.8 Å². The lowest BCUT2D eigenvalue weighted by atomic mass is 10.3. The van der Waals surface area contributed by atoms with Crippen LogP contribution >= 0.6 is 0 Å². The first-order chi connectivity index (χ1) is 6.86. The van der Waals surface area contributed by atoms with E-state index < -0.39 is 0 Å². The SMILES string of the molecule is C=C1COc2ccccc2OC1.CC. The Kier molecular flexibility index (Phi) is 4.05. The van der Waals surface area contributed by atoms with Crippen LogP contribution in [0.15, 0.2) is 36.4 Å². The van der Waals surface area contributed by atoms with Gasteiger partial charge in [0.25, 0.3) is 0 Å². The molecule has 14 heavy (non-hydrogen) atoms. The van der Waals surface area contributed by atoms with Crippen molar-refractivity contribution in [3.05, 3.63) is 36.4 Å². The lowest BCUT2D eigenvalue weighted by Gasteiger charge is -2.04. The van der Waals surface area contributed by atoms with Gasteiger partial charge in [0.2, 0.25) is 0 Å². The molecule has 1 aliphatic rings. The molecule has 2 rings (SSSR count). The molecule has 0 saturated carbocycles. The van der Waals surface area contributed by atoms with E-state index in [-0.39, 0.29) is 0 Å². The van der Waals surface area contributed by atoms with Crippen LogP contribution in [0.2, 0.25) is 0 Å². The highest BCUT2D eigenvalue weighted by atomic mass is 16.5. The van der Waals surface area contributed by atoms with Gasteiger partial charge in [-0.15, -0.1) is 0 Å². The van der Waals surface area contributed by atoms with Crippen LogP contribution in [0, 0.1) is 0 Å². The van der Waals surface area contributed by atoms with Crippen LogP contribution in [0.1, 0.15) is 13.8 Å². The first kappa shape index (κ1) is 10.6. The highest BCUT2D eigenvalue weighted by Gasteiger charge is 2.09. The van der Waals surface area contributed by atoms with Gasteiger partial charge in [-0.3, -0.25) is 0 Å². The van der Waals surface area contributed by atoms with Crippen LogP contribution in [-0.2, 0) is 0 Å². The zero-order valence-corrected chi connectivity index (χ0v) is 8.75. The van der Waals surface area contributed by atoms with E-state index in [0.717, 1.165) is 17.1 Å². The average molecular weight is 192 g/mol. The standard InChI is InChI=1S/C10H10O2.C2H6/c1-8-6-11-9-4-2-3-5-10(9)12-7-8;1-2/h2-5H,1,6-7H2;1-2H3. The molecule has 0 bridgehead atoms. The minimum atomic E-state index is 0.553. The Bertz CT molecular complexity index is 276. The zero-order valence-electron chi connectivity index (χ0n) is 8.75. The van der Waals surface area contributed by atoms with Crippen molar-refractivity contribution in [1.29, 1.82) is 0 Å². The molecule has 2 nitrogen and oxygen atoms in total. The molecule has 2 heteroatoms. The van der Waals surface area contributed by atoms with Crippen LogP contribution < -0.4 is 9.47 Å². The van der Waals surface area contributed by atoms with Crippen molar-refractivity contribution in [3.8, 4) is 11.5 Å². The number of hydrogen-bond donors (Lipinski definition) is 0. The van der Waals surface area contributed by atoms with Gasteiger partial charge in [0.1, 0.15) is 13.2 Å². The summed E-state index contributed by atoms with van der Waals surface area (Å²) in [5.74, 6) is 1.60. The maximum atomic E-state index is 5.44. The third-order valence-corrected chi connectivity index (χ3v) is 1.71. The zero-order chi connectivity index (χ0) is 10.4. The number of rotatable bonds is 0. The summed E-state index contributed by atoms with van der Waals surface area (Å²) in [6, 6.07) is 7.65. The molecule has 0 saturated heterocycles. The first-order valence-corrected chi connectivity index (χ1v) is 4.87. The van der Waals surface area contributed by atoms with Gasteiger partial charge in [-0.05, 0) is 17.7 Å². The van der Waals surface area contributed by atoms with Gasteiger partial charge in [0.05, 0.1) is 0 Å². The second-order valence-electron chi connectivity index (χ2n) is 2.77. The summed E-state index contributed by atoms with van der Waals surface area (Å²) in [7, 11) is 0. The Morgan fingerprint density at radius 1 is 1.00 bits per heavy atom. The molecule has 0 radical (unpaired) electrons. The third-order valence-electron chi connectivity index (χ3n) is 1.71. The number of para-hydroxylation sites is 2. The summed E-state index contributed by atoms with van der Waals surface area (Å²) in [6.07, 6.45) is 0. The Hall–Kier alpha value is -1.44. The highest BCUT2D eigenvalue weighted by molar-refractivity contribution is 5.40. The predicted octanol–water partition coefficient (Wildman–Crippen LogP) is 3.04. The summed E-state index contributed by atoms with van der Waals surface area (Å²) in [6.45, 7) is 8.91. The summed E-state index contributed by atoms with van der Waals surface area (Å²) in [5.41, 5.74) is 0.964. The molecule has 0 atom stereocenters. The molecule has 0 aromatic heterocycles. The van der Waals surface area contributed by atoms with Gasteiger partial charge in [-0.25, -0.2) is 0 Å². The van der Waals surface area contributed by atoms with Crippen LogP contribution in [0.3, 0.4) is 0 Å². The molecule has 76 valence electrons. The maximum Gasteiger partial charge on any atom is 0.161 e. The molecule has 0 amide bonds. The summed E-state index contributed by atoms with van der Waals surface area (Å²) < 4.78 is 10.9. The lowest BCUT2D eigenvalue weighted by molar-refractivity contribution is 0.355. The van der Waals surface area contributed by atoms with Crippen molar-refractivity contribution in [2.24, 2.45) is 0 Å².